The topological polar surface area (TPSA) is 234 Å². The Morgan fingerprint density at radius 3 is 1.94 bits per heavy atom. The molecule has 0 aromatic rings. The van der Waals surface area contributed by atoms with Crippen LogP contribution in [0, 0.1) is 0 Å². The molecular formula is C18H33N5O8S. The number of carboxylic acid groups (broad SMARTS) is 2. The van der Waals surface area contributed by atoms with E-state index >= 15 is 0 Å². The lowest BCUT2D eigenvalue weighted by molar-refractivity contribution is -0.143. The summed E-state index contributed by atoms with van der Waals surface area (Å²) in [6, 6.07) is -5.27. The third-order valence-electron chi connectivity index (χ3n) is 4.35. The Kier molecular flexibility index (Phi) is 15.0. The highest BCUT2D eigenvalue weighted by molar-refractivity contribution is 7.98. The normalized spacial score (nSPS) is 14.5. The van der Waals surface area contributed by atoms with E-state index in [0.29, 0.717) is 25.1 Å². The second-order valence-corrected chi connectivity index (χ2v) is 7.96. The van der Waals surface area contributed by atoms with Crippen molar-refractivity contribution >= 4 is 41.4 Å². The number of hydrogen-bond acceptors (Lipinski definition) is 9. The largest absolute Gasteiger partial charge is 0.481 e. The van der Waals surface area contributed by atoms with Crippen molar-refractivity contribution in [2.24, 2.45) is 11.5 Å². The highest BCUT2D eigenvalue weighted by atomic mass is 32.2. The number of carbonyl (C=O) groups excluding carboxylic acids is 3. The van der Waals surface area contributed by atoms with Gasteiger partial charge < -0.3 is 42.7 Å². The molecule has 4 atom stereocenters. The molecular weight excluding hydrogens is 446 g/mol. The van der Waals surface area contributed by atoms with Crippen molar-refractivity contribution in [3.05, 3.63) is 0 Å². The van der Waals surface area contributed by atoms with E-state index in [0.717, 1.165) is 0 Å². The van der Waals surface area contributed by atoms with Crippen LogP contribution >= 0.6 is 11.8 Å². The lowest BCUT2D eigenvalue weighted by Crippen LogP contribution is -2.57. The number of aliphatic hydroxyl groups excluding tert-OH is 1. The van der Waals surface area contributed by atoms with E-state index in [9.17, 15) is 29.1 Å². The average molecular weight is 480 g/mol. The highest BCUT2D eigenvalue weighted by Crippen LogP contribution is 2.06. The predicted molar refractivity (Wildman–Crippen MR) is 117 cm³/mol. The summed E-state index contributed by atoms with van der Waals surface area (Å²) in [5.41, 5.74) is 10.8. The van der Waals surface area contributed by atoms with Gasteiger partial charge in [0.25, 0.3) is 0 Å². The summed E-state index contributed by atoms with van der Waals surface area (Å²) in [5, 5.41) is 34.2. The van der Waals surface area contributed by atoms with E-state index in [1.165, 1.54) is 11.8 Å². The highest BCUT2D eigenvalue weighted by Gasteiger charge is 2.31. The number of thioether (sulfide) groups is 1. The van der Waals surface area contributed by atoms with Crippen molar-refractivity contribution in [2.45, 2.75) is 56.3 Å². The van der Waals surface area contributed by atoms with Crippen LogP contribution in [0.25, 0.3) is 0 Å². The van der Waals surface area contributed by atoms with Gasteiger partial charge in [0.15, 0.2) is 0 Å². The fourth-order valence-electron chi connectivity index (χ4n) is 2.54. The van der Waals surface area contributed by atoms with Gasteiger partial charge in [-0.05, 0) is 44.2 Å². The molecule has 4 unspecified atom stereocenters. The third kappa shape index (κ3) is 11.8. The quantitative estimate of drug-likeness (QED) is 0.0992. The first-order valence-corrected chi connectivity index (χ1v) is 11.4. The Balaban J connectivity index is 5.44. The molecule has 0 aliphatic heterocycles. The maximum Gasteiger partial charge on any atom is 0.326 e. The molecule has 0 radical (unpaired) electrons. The second-order valence-electron chi connectivity index (χ2n) is 6.97. The number of unbranched alkanes of at least 4 members (excludes halogenated alkanes) is 1. The van der Waals surface area contributed by atoms with Crippen LogP contribution in [-0.4, -0.2) is 94.3 Å². The zero-order chi connectivity index (χ0) is 24.7. The first kappa shape index (κ1) is 29.6. The molecule has 10 N–H and O–H groups in total. The van der Waals surface area contributed by atoms with Gasteiger partial charge in [-0.2, -0.15) is 11.8 Å². The Labute approximate surface area is 190 Å². The number of carboxylic acids is 2. The van der Waals surface area contributed by atoms with Crippen LogP contribution in [0.4, 0.5) is 0 Å². The van der Waals surface area contributed by atoms with Crippen LogP contribution in [0.3, 0.4) is 0 Å². The summed E-state index contributed by atoms with van der Waals surface area (Å²) < 4.78 is 0. The Morgan fingerprint density at radius 2 is 1.44 bits per heavy atom. The number of amides is 3. The summed E-state index contributed by atoms with van der Waals surface area (Å²) in [6.07, 6.45) is 2.25. The summed E-state index contributed by atoms with van der Waals surface area (Å²) in [5.74, 6) is -4.80. The number of nitrogens with one attached hydrogen (secondary N) is 3. The number of nitrogens with two attached hydrogens (primary N) is 2. The number of aliphatic carboxylic acids is 2. The molecule has 3 amide bonds. The van der Waals surface area contributed by atoms with E-state index in [4.69, 9.17) is 21.7 Å². The van der Waals surface area contributed by atoms with Gasteiger partial charge in [-0.3, -0.25) is 19.2 Å². The smallest absolute Gasteiger partial charge is 0.326 e. The maximum absolute atomic E-state index is 12.7. The molecule has 0 saturated heterocycles. The molecule has 32 heavy (non-hydrogen) atoms. The van der Waals surface area contributed by atoms with Gasteiger partial charge in [0.2, 0.25) is 17.7 Å². The molecule has 0 aromatic carbocycles. The molecule has 14 heteroatoms. The van der Waals surface area contributed by atoms with Crippen LogP contribution < -0.4 is 27.4 Å². The number of aliphatic hydroxyl groups is 1. The molecule has 0 fully saturated rings. The van der Waals surface area contributed by atoms with Crippen LogP contribution in [0.5, 0.6) is 0 Å². The number of carbonyl (C=O) groups is 5. The molecule has 184 valence electrons. The zero-order valence-corrected chi connectivity index (χ0v) is 18.7. The molecule has 0 saturated carbocycles. The molecule has 13 nitrogen and oxygen atoms in total. The van der Waals surface area contributed by atoms with Crippen LogP contribution in [-0.2, 0) is 24.0 Å². The SMILES string of the molecule is CSCCC(NC(=O)C(CCCCN)NC(=O)C(CC(=O)O)NC(=O)C(N)CO)C(=O)O. The van der Waals surface area contributed by atoms with Gasteiger partial charge in [0.05, 0.1) is 13.0 Å². The van der Waals surface area contributed by atoms with Crippen molar-refractivity contribution in [2.75, 3.05) is 25.2 Å². The zero-order valence-electron chi connectivity index (χ0n) is 17.9. The molecule has 0 spiro atoms. The number of hydrogen-bond donors (Lipinski definition) is 8. The molecule has 0 rings (SSSR count). The molecule has 0 bridgehead atoms. The first-order valence-electron chi connectivity index (χ1n) is 9.98. The fraction of sp³-hybridized carbons (Fsp3) is 0.722. The van der Waals surface area contributed by atoms with E-state index in [2.05, 4.69) is 16.0 Å². The molecule has 0 aromatic heterocycles. The fourth-order valence-corrected chi connectivity index (χ4v) is 3.02. The van der Waals surface area contributed by atoms with Gasteiger partial charge in [-0.25, -0.2) is 4.79 Å². The van der Waals surface area contributed by atoms with Crippen molar-refractivity contribution < 1.29 is 39.3 Å². The molecule has 0 heterocycles. The van der Waals surface area contributed by atoms with E-state index in [-0.39, 0.29) is 12.8 Å². The summed E-state index contributed by atoms with van der Waals surface area (Å²) in [6.45, 7) is -0.380. The van der Waals surface area contributed by atoms with E-state index in [1.54, 1.807) is 6.26 Å². The Bertz CT molecular complexity index is 651. The maximum atomic E-state index is 12.7. The van der Waals surface area contributed by atoms with E-state index in [1.807, 2.05) is 0 Å². The molecule has 0 aliphatic rings. The van der Waals surface area contributed by atoms with Gasteiger partial charge in [0, 0.05) is 0 Å². The van der Waals surface area contributed by atoms with Gasteiger partial charge in [0.1, 0.15) is 24.2 Å². The molecule has 0 aliphatic carbocycles. The minimum absolute atomic E-state index is 0.119. The van der Waals surface area contributed by atoms with Gasteiger partial charge in [-0.1, -0.05) is 0 Å². The van der Waals surface area contributed by atoms with E-state index < -0.39 is 66.9 Å². The monoisotopic (exact) mass is 479 g/mol. The van der Waals surface area contributed by atoms with Crippen LogP contribution in [0.1, 0.15) is 32.1 Å². The summed E-state index contributed by atoms with van der Waals surface area (Å²) >= 11 is 1.41. The van der Waals surface area contributed by atoms with Crippen molar-refractivity contribution in [1.29, 1.82) is 0 Å². The minimum atomic E-state index is -1.56. The Hall–Kier alpha value is -2.42. The van der Waals surface area contributed by atoms with Crippen molar-refractivity contribution in [3.8, 4) is 0 Å². The standard InChI is InChI=1S/C18H33N5O8S/c1-32-7-5-12(18(30)31)22-16(28)11(4-2-3-6-19)21-17(29)13(8-14(25)26)23-15(27)10(20)9-24/h10-13,24H,2-9,19-20H2,1H3,(H,21,29)(H,22,28)(H,23,27)(H,25,26)(H,30,31). The Morgan fingerprint density at radius 1 is 0.875 bits per heavy atom. The summed E-state index contributed by atoms with van der Waals surface area (Å²) in [7, 11) is 0. The second kappa shape index (κ2) is 16.2. The van der Waals surface area contributed by atoms with Crippen molar-refractivity contribution in [3.63, 3.8) is 0 Å². The lowest BCUT2D eigenvalue weighted by Gasteiger charge is -2.24. The third-order valence-corrected chi connectivity index (χ3v) is 4.99. The van der Waals surface area contributed by atoms with Crippen LogP contribution in [0.2, 0.25) is 0 Å². The van der Waals surface area contributed by atoms with Crippen molar-refractivity contribution in [1.82, 2.24) is 16.0 Å². The minimum Gasteiger partial charge on any atom is -0.481 e. The lowest BCUT2D eigenvalue weighted by atomic mass is 10.1. The predicted octanol–water partition coefficient (Wildman–Crippen LogP) is -2.80. The average Bonchev–Trinajstić information content (AvgIpc) is 2.73. The summed E-state index contributed by atoms with van der Waals surface area (Å²) in [4.78, 5) is 59.8. The first-order chi connectivity index (χ1) is 15.1. The number of rotatable bonds is 17. The van der Waals surface area contributed by atoms with Gasteiger partial charge >= 0.3 is 11.9 Å². The van der Waals surface area contributed by atoms with Crippen LogP contribution in [0.15, 0.2) is 0 Å². The van der Waals surface area contributed by atoms with Gasteiger partial charge in [-0.15, -0.1) is 0 Å².